The number of amides is 1. The van der Waals surface area contributed by atoms with Crippen LogP contribution in [-0.2, 0) is 21.4 Å². The molecule has 0 spiro atoms. The summed E-state index contributed by atoms with van der Waals surface area (Å²) >= 11 is 0. The van der Waals surface area contributed by atoms with E-state index in [1.54, 1.807) is 6.07 Å². The Morgan fingerprint density at radius 1 is 1.25 bits per heavy atom. The highest BCUT2D eigenvalue weighted by molar-refractivity contribution is 7.89. The van der Waals surface area contributed by atoms with E-state index in [1.807, 2.05) is 0 Å². The lowest BCUT2D eigenvalue weighted by atomic mass is 10.2. The summed E-state index contributed by atoms with van der Waals surface area (Å²) in [6.07, 6.45) is 0.393. The van der Waals surface area contributed by atoms with Gasteiger partial charge in [-0.2, -0.15) is 4.31 Å². The third-order valence-electron chi connectivity index (χ3n) is 5.17. The number of nitro groups is 1. The summed E-state index contributed by atoms with van der Waals surface area (Å²) < 4.78 is 45.6. The van der Waals surface area contributed by atoms with Crippen molar-refractivity contribution in [3.63, 3.8) is 0 Å². The summed E-state index contributed by atoms with van der Waals surface area (Å²) in [5, 5.41) is 11.6. The molecule has 0 aromatic heterocycles. The first-order chi connectivity index (χ1) is 15.1. The number of hydrogen-bond donors (Lipinski definition) is 0. The Morgan fingerprint density at radius 2 is 1.94 bits per heavy atom. The zero-order valence-corrected chi connectivity index (χ0v) is 18.5. The Kier molecular flexibility index (Phi) is 7.09. The standard InChI is InChI=1S/C21H24FN3O6S/c1-15(21(26)23(2)14-16-6-5-7-17(22)12-16)31-20-9-8-18(13-19(20)25(27)28)32(29,30)24-10-3-4-11-24/h5-9,12-13,15H,3-4,10-11,14H2,1-2H3/t15-/m0/s1. The molecule has 0 saturated carbocycles. The van der Waals surface area contributed by atoms with Crippen LogP contribution in [0.3, 0.4) is 0 Å². The highest BCUT2D eigenvalue weighted by Gasteiger charge is 2.31. The van der Waals surface area contributed by atoms with Gasteiger partial charge in [-0.25, -0.2) is 12.8 Å². The van der Waals surface area contributed by atoms with Crippen molar-refractivity contribution in [3.05, 3.63) is 64.0 Å². The van der Waals surface area contributed by atoms with Gasteiger partial charge in [-0.05, 0) is 49.6 Å². The van der Waals surface area contributed by atoms with Gasteiger partial charge in [-0.1, -0.05) is 12.1 Å². The number of nitrogens with zero attached hydrogens (tertiary/aromatic N) is 3. The van der Waals surface area contributed by atoms with Crippen molar-refractivity contribution >= 4 is 21.6 Å². The Bertz CT molecular complexity index is 1120. The van der Waals surface area contributed by atoms with Crippen molar-refractivity contribution in [2.24, 2.45) is 0 Å². The minimum atomic E-state index is -3.84. The zero-order chi connectivity index (χ0) is 23.5. The Morgan fingerprint density at radius 3 is 2.56 bits per heavy atom. The van der Waals surface area contributed by atoms with E-state index in [9.17, 15) is 27.7 Å². The lowest BCUT2D eigenvalue weighted by Gasteiger charge is -2.22. The van der Waals surface area contributed by atoms with E-state index in [4.69, 9.17) is 4.74 Å². The molecule has 1 aliphatic heterocycles. The molecule has 2 aromatic carbocycles. The fourth-order valence-electron chi connectivity index (χ4n) is 3.52. The average Bonchev–Trinajstić information content (AvgIpc) is 3.29. The third-order valence-corrected chi connectivity index (χ3v) is 7.06. The van der Waals surface area contributed by atoms with Gasteiger partial charge in [-0.3, -0.25) is 14.9 Å². The van der Waals surface area contributed by atoms with E-state index in [0.717, 1.165) is 18.9 Å². The van der Waals surface area contributed by atoms with Crippen molar-refractivity contribution in [2.45, 2.75) is 37.3 Å². The van der Waals surface area contributed by atoms with Crippen LogP contribution < -0.4 is 4.74 Å². The quantitative estimate of drug-likeness (QED) is 0.438. The summed E-state index contributed by atoms with van der Waals surface area (Å²) in [5.41, 5.74) is 0.0354. The van der Waals surface area contributed by atoms with Crippen molar-refractivity contribution in [1.82, 2.24) is 9.21 Å². The van der Waals surface area contributed by atoms with Crippen LogP contribution >= 0.6 is 0 Å². The number of benzene rings is 2. The maximum Gasteiger partial charge on any atom is 0.312 e. The van der Waals surface area contributed by atoms with Crippen molar-refractivity contribution in [1.29, 1.82) is 0 Å². The van der Waals surface area contributed by atoms with Crippen LogP contribution in [-0.4, -0.2) is 54.7 Å². The van der Waals surface area contributed by atoms with Crippen LogP contribution in [0.1, 0.15) is 25.3 Å². The highest BCUT2D eigenvalue weighted by Crippen LogP contribution is 2.32. The number of hydrogen-bond acceptors (Lipinski definition) is 6. The van der Waals surface area contributed by atoms with Gasteiger partial charge < -0.3 is 9.64 Å². The summed E-state index contributed by atoms with van der Waals surface area (Å²) in [6.45, 7) is 2.30. The Balaban J connectivity index is 1.76. The topological polar surface area (TPSA) is 110 Å². The molecule has 3 rings (SSSR count). The molecule has 2 aromatic rings. The first-order valence-corrected chi connectivity index (χ1v) is 11.5. The van der Waals surface area contributed by atoms with Gasteiger partial charge >= 0.3 is 5.69 Å². The Hall–Kier alpha value is -3.05. The van der Waals surface area contributed by atoms with Crippen LogP contribution in [0.15, 0.2) is 47.4 Å². The van der Waals surface area contributed by atoms with E-state index >= 15 is 0 Å². The molecule has 0 radical (unpaired) electrons. The largest absolute Gasteiger partial charge is 0.474 e. The van der Waals surface area contributed by atoms with Gasteiger partial charge in [0.1, 0.15) is 5.82 Å². The smallest absolute Gasteiger partial charge is 0.312 e. The predicted molar refractivity (Wildman–Crippen MR) is 114 cm³/mol. The monoisotopic (exact) mass is 465 g/mol. The second-order valence-corrected chi connectivity index (χ2v) is 9.52. The molecule has 9 nitrogen and oxygen atoms in total. The van der Waals surface area contributed by atoms with Crippen LogP contribution in [0.2, 0.25) is 0 Å². The number of nitro benzene ring substituents is 1. The van der Waals surface area contributed by atoms with Crippen molar-refractivity contribution < 1.29 is 27.3 Å². The molecule has 1 heterocycles. The number of ether oxygens (including phenoxy) is 1. The van der Waals surface area contributed by atoms with Gasteiger partial charge in [0.05, 0.1) is 9.82 Å². The van der Waals surface area contributed by atoms with E-state index in [0.29, 0.717) is 18.7 Å². The molecule has 0 N–H and O–H groups in total. The zero-order valence-electron chi connectivity index (χ0n) is 17.7. The molecule has 32 heavy (non-hydrogen) atoms. The number of sulfonamides is 1. The molecule has 1 atom stereocenters. The van der Waals surface area contributed by atoms with E-state index in [2.05, 4.69) is 0 Å². The first-order valence-electron chi connectivity index (χ1n) is 10.0. The normalized spacial score (nSPS) is 15.3. The van der Waals surface area contributed by atoms with Gasteiger partial charge in [0, 0.05) is 32.7 Å². The maximum atomic E-state index is 13.4. The molecular formula is C21H24FN3O6S. The van der Waals surface area contributed by atoms with E-state index < -0.39 is 38.5 Å². The van der Waals surface area contributed by atoms with Crippen LogP contribution in [0.5, 0.6) is 5.75 Å². The number of carbonyl (C=O) groups excluding carboxylic acids is 1. The van der Waals surface area contributed by atoms with Gasteiger partial charge in [0.2, 0.25) is 10.0 Å². The van der Waals surface area contributed by atoms with Crippen molar-refractivity contribution in [2.75, 3.05) is 20.1 Å². The number of carbonyl (C=O) groups is 1. The molecule has 1 amide bonds. The fraction of sp³-hybridized carbons (Fsp3) is 0.381. The molecule has 0 aliphatic carbocycles. The SMILES string of the molecule is C[C@H](Oc1ccc(S(=O)(=O)N2CCCC2)cc1[N+](=O)[O-])C(=O)N(C)Cc1cccc(F)c1. The molecule has 1 fully saturated rings. The summed E-state index contributed by atoms with van der Waals surface area (Å²) in [4.78, 5) is 24.6. The summed E-state index contributed by atoms with van der Waals surface area (Å²) in [5.74, 6) is -1.11. The minimum absolute atomic E-state index is 0.124. The number of halogens is 1. The van der Waals surface area contributed by atoms with Crippen molar-refractivity contribution in [3.8, 4) is 5.75 Å². The number of likely N-dealkylation sites (N-methyl/N-ethyl adjacent to an activating group) is 1. The lowest BCUT2D eigenvalue weighted by Crippen LogP contribution is -2.37. The highest BCUT2D eigenvalue weighted by atomic mass is 32.2. The fourth-order valence-corrected chi connectivity index (χ4v) is 5.05. The Labute approximate surface area is 185 Å². The van der Waals surface area contributed by atoms with E-state index in [-0.39, 0.29) is 17.2 Å². The third kappa shape index (κ3) is 5.22. The second kappa shape index (κ2) is 9.61. The molecule has 172 valence electrons. The van der Waals surface area contributed by atoms with Gasteiger partial charge in [0.25, 0.3) is 5.91 Å². The number of rotatable bonds is 8. The lowest BCUT2D eigenvalue weighted by molar-refractivity contribution is -0.386. The summed E-state index contributed by atoms with van der Waals surface area (Å²) in [6, 6.07) is 9.19. The molecular weight excluding hydrogens is 441 g/mol. The summed E-state index contributed by atoms with van der Waals surface area (Å²) in [7, 11) is -2.33. The van der Waals surface area contributed by atoms with Gasteiger partial charge in [0.15, 0.2) is 11.9 Å². The maximum absolute atomic E-state index is 13.4. The van der Waals surface area contributed by atoms with Crippen LogP contribution in [0, 0.1) is 15.9 Å². The first kappa shape index (κ1) is 23.6. The molecule has 0 bridgehead atoms. The van der Waals surface area contributed by atoms with Gasteiger partial charge in [-0.15, -0.1) is 0 Å². The molecule has 11 heteroatoms. The molecule has 0 unspecified atom stereocenters. The van der Waals surface area contributed by atoms with Crippen LogP contribution in [0.25, 0.3) is 0 Å². The average molecular weight is 466 g/mol. The molecule has 1 saturated heterocycles. The molecule has 1 aliphatic rings. The van der Waals surface area contributed by atoms with E-state index in [1.165, 1.54) is 53.5 Å². The second-order valence-electron chi connectivity index (χ2n) is 7.58. The minimum Gasteiger partial charge on any atom is -0.474 e. The predicted octanol–water partition coefficient (Wildman–Crippen LogP) is 2.94. The van der Waals surface area contributed by atoms with Crippen LogP contribution in [0.4, 0.5) is 10.1 Å².